The fourth-order valence-electron chi connectivity index (χ4n) is 3.88. The van der Waals surface area contributed by atoms with Crippen molar-refractivity contribution in [3.63, 3.8) is 0 Å². The summed E-state index contributed by atoms with van der Waals surface area (Å²) in [5.74, 6) is -0.873. The number of sulfonamides is 1. The van der Waals surface area contributed by atoms with Crippen LogP contribution in [0.25, 0.3) is 0 Å². The lowest BCUT2D eigenvalue weighted by Gasteiger charge is -2.33. The van der Waals surface area contributed by atoms with Crippen LogP contribution in [0.15, 0.2) is 83.8 Å². The predicted octanol–water partition coefficient (Wildman–Crippen LogP) is 5.13. The number of benzene rings is 3. The molecule has 196 valence electrons. The van der Waals surface area contributed by atoms with E-state index < -0.39 is 28.5 Å². The van der Waals surface area contributed by atoms with Crippen LogP contribution in [-0.4, -0.2) is 44.3 Å². The van der Waals surface area contributed by atoms with Crippen molar-refractivity contribution in [3.8, 4) is 0 Å². The number of likely N-dealkylation sites (N-methyl/N-ethyl adjacent to an activating group) is 1. The van der Waals surface area contributed by atoms with E-state index in [1.54, 1.807) is 68.4 Å². The smallest absolute Gasteiger partial charge is 0.264 e. The molecule has 0 saturated carbocycles. The van der Waals surface area contributed by atoms with Crippen LogP contribution in [0.2, 0.25) is 10.0 Å². The van der Waals surface area contributed by atoms with E-state index >= 15 is 0 Å². The number of amides is 2. The molecule has 0 aliphatic carbocycles. The third-order valence-electron chi connectivity index (χ3n) is 5.76. The van der Waals surface area contributed by atoms with E-state index in [1.807, 2.05) is 0 Å². The fourth-order valence-corrected chi connectivity index (χ4v) is 5.63. The van der Waals surface area contributed by atoms with Gasteiger partial charge in [-0.1, -0.05) is 66.5 Å². The van der Waals surface area contributed by atoms with Crippen LogP contribution in [0.1, 0.15) is 25.8 Å². The summed E-state index contributed by atoms with van der Waals surface area (Å²) in [6.07, 6.45) is 0.328. The van der Waals surface area contributed by atoms with Crippen molar-refractivity contribution in [3.05, 3.63) is 94.5 Å². The van der Waals surface area contributed by atoms with Gasteiger partial charge in [-0.3, -0.25) is 13.9 Å². The van der Waals surface area contributed by atoms with Crippen LogP contribution < -0.4 is 9.62 Å². The molecule has 0 bridgehead atoms. The largest absolute Gasteiger partial charge is 0.355 e. The monoisotopic (exact) mass is 561 g/mol. The van der Waals surface area contributed by atoms with Crippen LogP contribution in [0, 0.1) is 0 Å². The maximum atomic E-state index is 13.9. The van der Waals surface area contributed by atoms with E-state index in [0.717, 1.165) is 4.31 Å². The molecule has 0 fully saturated rings. The Bertz CT molecular complexity index is 1320. The predicted molar refractivity (Wildman–Crippen MR) is 147 cm³/mol. The molecule has 0 spiro atoms. The van der Waals surface area contributed by atoms with Crippen LogP contribution in [0.5, 0.6) is 0 Å². The Kier molecular flexibility index (Phi) is 9.97. The normalized spacial score (nSPS) is 12.0. The van der Waals surface area contributed by atoms with Gasteiger partial charge in [-0.25, -0.2) is 8.42 Å². The van der Waals surface area contributed by atoms with Crippen molar-refractivity contribution in [2.75, 3.05) is 17.4 Å². The molecule has 3 aromatic rings. The van der Waals surface area contributed by atoms with E-state index in [2.05, 4.69) is 5.32 Å². The molecular weight excluding hydrogens is 533 g/mol. The van der Waals surface area contributed by atoms with Gasteiger partial charge in [-0.05, 0) is 61.4 Å². The molecule has 0 saturated heterocycles. The second kappa shape index (κ2) is 12.9. The molecule has 0 aliphatic rings. The Morgan fingerprint density at radius 3 is 2.11 bits per heavy atom. The average Bonchev–Trinajstić information content (AvgIpc) is 2.89. The third kappa shape index (κ3) is 7.03. The minimum Gasteiger partial charge on any atom is -0.355 e. The molecule has 10 heteroatoms. The Hall–Kier alpha value is -3.07. The SMILES string of the molecule is CCNC(=O)[C@H](CC)N(Cc1ccccc1Cl)C(=O)CN(c1ccc(Cl)cc1)S(=O)(=O)c1ccccc1. The number of carbonyl (C=O) groups excluding carboxylic acids is 2. The maximum absolute atomic E-state index is 13.9. The van der Waals surface area contributed by atoms with Gasteiger partial charge in [0.2, 0.25) is 11.8 Å². The van der Waals surface area contributed by atoms with Crippen molar-refractivity contribution in [2.45, 2.75) is 37.8 Å². The number of nitrogens with zero attached hydrogens (tertiary/aromatic N) is 2. The van der Waals surface area contributed by atoms with E-state index in [0.29, 0.717) is 28.6 Å². The molecule has 0 heterocycles. The molecular formula is C27H29Cl2N3O4S. The summed E-state index contributed by atoms with van der Waals surface area (Å²) in [6.45, 7) is 3.49. The van der Waals surface area contributed by atoms with Crippen LogP contribution >= 0.6 is 23.2 Å². The number of nitrogens with one attached hydrogen (secondary N) is 1. The van der Waals surface area contributed by atoms with Gasteiger partial charge in [0.15, 0.2) is 0 Å². The zero-order chi connectivity index (χ0) is 27.0. The maximum Gasteiger partial charge on any atom is 0.264 e. The first-order valence-corrected chi connectivity index (χ1v) is 14.0. The Labute approximate surface area is 228 Å². The van der Waals surface area contributed by atoms with E-state index in [1.165, 1.54) is 29.2 Å². The van der Waals surface area contributed by atoms with Crippen LogP contribution in [0.4, 0.5) is 5.69 Å². The van der Waals surface area contributed by atoms with Gasteiger partial charge in [-0.2, -0.15) is 0 Å². The number of halogens is 2. The minimum absolute atomic E-state index is 0.0335. The Balaban J connectivity index is 2.05. The molecule has 1 atom stereocenters. The summed E-state index contributed by atoms with van der Waals surface area (Å²) < 4.78 is 28.4. The summed E-state index contributed by atoms with van der Waals surface area (Å²) in [6, 6.07) is 20.3. The highest BCUT2D eigenvalue weighted by atomic mass is 35.5. The van der Waals surface area contributed by atoms with Crippen molar-refractivity contribution in [2.24, 2.45) is 0 Å². The molecule has 3 rings (SSSR count). The van der Waals surface area contributed by atoms with Gasteiger partial charge < -0.3 is 10.2 Å². The summed E-state index contributed by atoms with van der Waals surface area (Å²) in [4.78, 5) is 28.2. The van der Waals surface area contributed by atoms with Crippen molar-refractivity contribution in [1.29, 1.82) is 0 Å². The standard InChI is InChI=1S/C27H29Cl2N3O4S/c1-3-25(27(34)30-4-2)31(18-20-10-8-9-13-24(20)29)26(33)19-32(22-16-14-21(28)15-17-22)37(35,36)23-11-6-5-7-12-23/h5-17,25H,3-4,18-19H2,1-2H3,(H,30,34)/t25-/m0/s1. The van der Waals surface area contributed by atoms with Gasteiger partial charge in [0.25, 0.3) is 10.0 Å². The molecule has 1 N–H and O–H groups in total. The number of hydrogen-bond donors (Lipinski definition) is 1. The first-order chi connectivity index (χ1) is 17.7. The first-order valence-electron chi connectivity index (χ1n) is 11.8. The van der Waals surface area contributed by atoms with Gasteiger partial charge in [0.05, 0.1) is 10.6 Å². The van der Waals surface area contributed by atoms with E-state index in [-0.39, 0.29) is 23.0 Å². The molecule has 0 aromatic heterocycles. The zero-order valence-corrected chi connectivity index (χ0v) is 22.9. The molecule has 0 radical (unpaired) electrons. The van der Waals surface area contributed by atoms with Gasteiger partial charge in [-0.15, -0.1) is 0 Å². The molecule has 37 heavy (non-hydrogen) atoms. The summed E-state index contributed by atoms with van der Waals surface area (Å²) >= 11 is 12.4. The summed E-state index contributed by atoms with van der Waals surface area (Å²) in [7, 11) is -4.12. The Morgan fingerprint density at radius 1 is 0.892 bits per heavy atom. The van der Waals surface area contributed by atoms with Gasteiger partial charge in [0, 0.05) is 23.1 Å². The lowest BCUT2D eigenvalue weighted by Crippen LogP contribution is -2.52. The van der Waals surface area contributed by atoms with Gasteiger partial charge >= 0.3 is 0 Å². The topological polar surface area (TPSA) is 86.8 Å². The minimum atomic E-state index is -4.12. The summed E-state index contributed by atoms with van der Waals surface area (Å²) in [5.41, 5.74) is 0.912. The Morgan fingerprint density at radius 2 is 1.51 bits per heavy atom. The lowest BCUT2D eigenvalue weighted by atomic mass is 10.1. The van der Waals surface area contributed by atoms with E-state index in [9.17, 15) is 18.0 Å². The molecule has 2 amide bonds. The van der Waals surface area contributed by atoms with Crippen LogP contribution in [-0.2, 0) is 26.2 Å². The first kappa shape index (κ1) is 28.5. The number of hydrogen-bond acceptors (Lipinski definition) is 4. The van der Waals surface area contributed by atoms with E-state index in [4.69, 9.17) is 23.2 Å². The second-order valence-corrected chi connectivity index (χ2v) is 10.9. The molecule has 0 unspecified atom stereocenters. The van der Waals surface area contributed by atoms with Crippen molar-refractivity contribution >= 4 is 50.7 Å². The quantitative estimate of drug-likeness (QED) is 0.351. The summed E-state index contributed by atoms with van der Waals surface area (Å²) in [5, 5.41) is 3.64. The number of carbonyl (C=O) groups is 2. The average molecular weight is 563 g/mol. The highest BCUT2D eigenvalue weighted by Gasteiger charge is 2.33. The highest BCUT2D eigenvalue weighted by Crippen LogP contribution is 2.26. The van der Waals surface area contributed by atoms with Crippen molar-refractivity contribution < 1.29 is 18.0 Å². The zero-order valence-electron chi connectivity index (χ0n) is 20.6. The molecule has 0 aliphatic heterocycles. The van der Waals surface area contributed by atoms with Crippen molar-refractivity contribution in [1.82, 2.24) is 10.2 Å². The lowest BCUT2D eigenvalue weighted by molar-refractivity contribution is -0.140. The second-order valence-electron chi connectivity index (χ2n) is 8.23. The fraction of sp³-hybridized carbons (Fsp3) is 0.259. The van der Waals surface area contributed by atoms with Crippen LogP contribution in [0.3, 0.4) is 0 Å². The number of rotatable bonds is 11. The van der Waals surface area contributed by atoms with Gasteiger partial charge in [0.1, 0.15) is 12.6 Å². The third-order valence-corrected chi connectivity index (χ3v) is 8.17. The highest BCUT2D eigenvalue weighted by molar-refractivity contribution is 7.92. The molecule has 3 aromatic carbocycles. The molecule has 7 nitrogen and oxygen atoms in total. The number of anilines is 1.